The van der Waals surface area contributed by atoms with Gasteiger partial charge in [0.25, 0.3) is 0 Å². The molecule has 188 valence electrons. The van der Waals surface area contributed by atoms with Crippen molar-refractivity contribution < 1.29 is 4.79 Å². The van der Waals surface area contributed by atoms with Crippen molar-refractivity contribution in [1.29, 1.82) is 0 Å². The van der Waals surface area contributed by atoms with Gasteiger partial charge in [-0.15, -0.1) is 0 Å². The van der Waals surface area contributed by atoms with Gasteiger partial charge in [0.1, 0.15) is 23.8 Å². The van der Waals surface area contributed by atoms with Crippen molar-refractivity contribution in [3.8, 4) is 0 Å². The lowest BCUT2D eigenvalue weighted by atomic mass is 9.91. The van der Waals surface area contributed by atoms with Gasteiger partial charge in [-0.1, -0.05) is 27.4 Å². The molecule has 2 aliphatic heterocycles. The van der Waals surface area contributed by atoms with E-state index in [1.54, 1.807) is 6.20 Å². The van der Waals surface area contributed by atoms with E-state index in [0.29, 0.717) is 12.2 Å². The highest BCUT2D eigenvalue weighted by Gasteiger charge is 2.25. The summed E-state index contributed by atoms with van der Waals surface area (Å²) in [6, 6.07) is 6.02. The second kappa shape index (κ2) is 10.9. The minimum Gasteiger partial charge on any atom is -0.382 e. The summed E-state index contributed by atoms with van der Waals surface area (Å²) in [5, 5.41) is 6.83. The van der Waals surface area contributed by atoms with E-state index < -0.39 is 0 Å². The van der Waals surface area contributed by atoms with Gasteiger partial charge < -0.3 is 25.3 Å². The topological polar surface area (TPSA) is 89.5 Å². The molecule has 0 atom stereocenters. The first kappa shape index (κ1) is 24.8. The number of nitrogens with zero attached hydrogens (tertiary/aromatic N) is 6. The van der Waals surface area contributed by atoms with Crippen LogP contribution in [-0.2, 0) is 4.79 Å². The molecule has 4 rings (SSSR count). The van der Waals surface area contributed by atoms with E-state index in [0.717, 1.165) is 81.7 Å². The van der Waals surface area contributed by atoms with Crippen LogP contribution in [0.4, 0.5) is 23.1 Å². The van der Waals surface area contributed by atoms with Gasteiger partial charge in [0.15, 0.2) is 5.82 Å². The van der Waals surface area contributed by atoms with Crippen molar-refractivity contribution in [3.05, 3.63) is 43.1 Å². The second-order valence-electron chi connectivity index (χ2n) is 10.5. The largest absolute Gasteiger partial charge is 0.382 e. The van der Waals surface area contributed by atoms with Gasteiger partial charge in [0.2, 0.25) is 5.91 Å². The van der Waals surface area contributed by atoms with Gasteiger partial charge in [-0.2, -0.15) is 0 Å². The van der Waals surface area contributed by atoms with Crippen molar-refractivity contribution in [2.75, 3.05) is 59.7 Å². The molecule has 2 aliphatic rings. The van der Waals surface area contributed by atoms with Crippen molar-refractivity contribution >= 4 is 29.0 Å². The lowest BCUT2D eigenvalue weighted by molar-refractivity contribution is -0.132. The predicted octanol–water partition coefficient (Wildman–Crippen LogP) is 3.94. The molecule has 35 heavy (non-hydrogen) atoms. The number of pyridine rings is 1. The monoisotopic (exact) mass is 478 g/mol. The summed E-state index contributed by atoms with van der Waals surface area (Å²) in [5.74, 6) is 3.46. The van der Waals surface area contributed by atoms with Crippen LogP contribution in [0.25, 0.3) is 0 Å². The first-order valence-corrected chi connectivity index (χ1v) is 12.6. The fourth-order valence-corrected chi connectivity index (χ4v) is 4.49. The molecule has 1 saturated heterocycles. The van der Waals surface area contributed by atoms with Crippen molar-refractivity contribution in [3.63, 3.8) is 0 Å². The van der Waals surface area contributed by atoms with E-state index in [4.69, 9.17) is 4.98 Å². The SMILES string of the molecule is C=C(Nc1ccncn1)N1CCCCNc2ccc(N3CCCN(C(=O)CC(C)(C)C)CC3)nc21. The van der Waals surface area contributed by atoms with Crippen LogP contribution in [-0.4, -0.2) is 65.0 Å². The first-order chi connectivity index (χ1) is 16.8. The lowest BCUT2D eigenvalue weighted by Crippen LogP contribution is -2.37. The Balaban J connectivity index is 1.52. The summed E-state index contributed by atoms with van der Waals surface area (Å²) in [5.41, 5.74) is 0.995. The molecular formula is C26H38N8O. The Kier molecular flexibility index (Phi) is 7.73. The zero-order valence-corrected chi connectivity index (χ0v) is 21.3. The molecule has 0 bridgehead atoms. The number of hydrogen-bond donors (Lipinski definition) is 2. The molecule has 0 aliphatic carbocycles. The molecule has 1 amide bonds. The van der Waals surface area contributed by atoms with E-state index in [9.17, 15) is 4.79 Å². The molecule has 0 unspecified atom stereocenters. The Labute approximate surface area is 208 Å². The van der Waals surface area contributed by atoms with E-state index in [1.807, 2.05) is 11.0 Å². The average Bonchev–Trinajstić information content (AvgIpc) is 3.06. The van der Waals surface area contributed by atoms with Crippen molar-refractivity contribution in [1.82, 2.24) is 19.9 Å². The Morgan fingerprint density at radius 1 is 1.09 bits per heavy atom. The second-order valence-corrected chi connectivity index (χ2v) is 10.5. The van der Waals surface area contributed by atoms with Crippen LogP contribution in [0.15, 0.2) is 43.1 Å². The van der Waals surface area contributed by atoms with E-state index in [1.165, 1.54) is 6.33 Å². The third kappa shape index (κ3) is 6.61. The van der Waals surface area contributed by atoms with Crippen LogP contribution < -0.4 is 20.4 Å². The number of fused-ring (bicyclic) bond motifs is 1. The molecule has 4 heterocycles. The molecule has 9 heteroatoms. The smallest absolute Gasteiger partial charge is 0.223 e. The van der Waals surface area contributed by atoms with Gasteiger partial charge >= 0.3 is 0 Å². The van der Waals surface area contributed by atoms with Crippen LogP contribution in [0.5, 0.6) is 0 Å². The quantitative estimate of drug-likeness (QED) is 0.668. The molecule has 0 saturated carbocycles. The predicted molar refractivity (Wildman–Crippen MR) is 142 cm³/mol. The number of carbonyl (C=O) groups is 1. The zero-order valence-electron chi connectivity index (χ0n) is 21.3. The molecular weight excluding hydrogens is 440 g/mol. The lowest BCUT2D eigenvalue weighted by Gasteiger charge is -2.32. The highest BCUT2D eigenvalue weighted by molar-refractivity contribution is 5.77. The number of carbonyl (C=O) groups excluding carboxylic acids is 1. The molecule has 2 aromatic heterocycles. The highest BCUT2D eigenvalue weighted by Crippen LogP contribution is 2.32. The zero-order chi connectivity index (χ0) is 24.8. The number of aromatic nitrogens is 3. The molecule has 2 aromatic rings. The van der Waals surface area contributed by atoms with Gasteiger partial charge in [0.05, 0.1) is 5.69 Å². The van der Waals surface area contributed by atoms with Crippen LogP contribution in [0.3, 0.4) is 0 Å². The summed E-state index contributed by atoms with van der Waals surface area (Å²) >= 11 is 0. The molecule has 1 fully saturated rings. The number of hydrogen-bond acceptors (Lipinski definition) is 8. The number of amides is 1. The summed E-state index contributed by atoms with van der Waals surface area (Å²) in [7, 11) is 0. The maximum absolute atomic E-state index is 12.8. The molecule has 9 nitrogen and oxygen atoms in total. The fourth-order valence-electron chi connectivity index (χ4n) is 4.49. The summed E-state index contributed by atoms with van der Waals surface area (Å²) in [4.78, 5) is 32.6. The average molecular weight is 479 g/mol. The van der Waals surface area contributed by atoms with Crippen LogP contribution in [0.2, 0.25) is 0 Å². The Morgan fingerprint density at radius 3 is 2.71 bits per heavy atom. The van der Waals surface area contributed by atoms with E-state index in [2.05, 4.69) is 69.9 Å². The molecule has 2 N–H and O–H groups in total. The van der Waals surface area contributed by atoms with E-state index in [-0.39, 0.29) is 11.3 Å². The number of anilines is 4. The van der Waals surface area contributed by atoms with Gasteiger partial charge in [-0.05, 0) is 42.9 Å². The van der Waals surface area contributed by atoms with Crippen LogP contribution in [0, 0.1) is 5.41 Å². The maximum atomic E-state index is 12.8. The highest BCUT2D eigenvalue weighted by atomic mass is 16.2. The first-order valence-electron chi connectivity index (χ1n) is 12.6. The van der Waals surface area contributed by atoms with Crippen LogP contribution in [0.1, 0.15) is 46.5 Å². The minimum absolute atomic E-state index is 0.000974. The molecule has 0 aromatic carbocycles. The number of nitrogens with one attached hydrogen (secondary N) is 2. The summed E-state index contributed by atoms with van der Waals surface area (Å²) < 4.78 is 0. The fraction of sp³-hybridized carbons (Fsp3) is 0.538. The van der Waals surface area contributed by atoms with Crippen molar-refractivity contribution in [2.45, 2.75) is 46.5 Å². The van der Waals surface area contributed by atoms with Gasteiger partial charge in [0, 0.05) is 51.9 Å². The Morgan fingerprint density at radius 2 is 1.94 bits per heavy atom. The summed E-state index contributed by atoms with van der Waals surface area (Å²) in [6.45, 7) is 15.5. The third-order valence-corrected chi connectivity index (χ3v) is 6.27. The van der Waals surface area contributed by atoms with Crippen LogP contribution >= 0.6 is 0 Å². The number of rotatable bonds is 5. The van der Waals surface area contributed by atoms with Gasteiger partial charge in [-0.3, -0.25) is 4.79 Å². The maximum Gasteiger partial charge on any atom is 0.223 e. The summed E-state index contributed by atoms with van der Waals surface area (Å²) in [6.07, 6.45) is 6.83. The standard InChI is InChI=1S/C26H38N8O/c1-20(30-22-10-12-27-19-29-22)34-15-6-5-11-28-21-8-9-23(31-25(21)34)32-13-7-14-33(17-16-32)24(35)18-26(2,3)4/h8-10,12,19,28H,1,5-7,11,13-18H2,2-4H3,(H,27,29,30). The Hall–Kier alpha value is -3.36. The normalized spacial score (nSPS) is 16.9. The van der Waals surface area contributed by atoms with Gasteiger partial charge in [-0.25, -0.2) is 15.0 Å². The van der Waals surface area contributed by atoms with Crippen molar-refractivity contribution in [2.24, 2.45) is 5.41 Å². The third-order valence-electron chi connectivity index (χ3n) is 6.27. The van der Waals surface area contributed by atoms with E-state index >= 15 is 0 Å². The molecule has 0 radical (unpaired) electrons. The molecule has 0 spiro atoms. The minimum atomic E-state index is -0.000974. The Bertz CT molecular complexity index is 1020.